The van der Waals surface area contributed by atoms with Crippen LogP contribution in [0, 0.1) is 6.92 Å². The van der Waals surface area contributed by atoms with Crippen LogP contribution in [0.3, 0.4) is 0 Å². The average molecular weight is 350 g/mol. The average Bonchev–Trinajstić information content (AvgIpc) is 3.14. The molecule has 1 aromatic carbocycles. The molecule has 26 heavy (non-hydrogen) atoms. The fourth-order valence-electron chi connectivity index (χ4n) is 3.34. The van der Waals surface area contributed by atoms with Crippen LogP contribution in [0.15, 0.2) is 42.9 Å². The van der Waals surface area contributed by atoms with Gasteiger partial charge in [0.2, 0.25) is 0 Å². The van der Waals surface area contributed by atoms with Crippen LogP contribution >= 0.6 is 0 Å². The third kappa shape index (κ3) is 3.40. The Morgan fingerprint density at radius 1 is 1.12 bits per heavy atom. The molecule has 1 aliphatic carbocycles. The number of hydrogen-bond acceptors (Lipinski definition) is 3. The minimum absolute atomic E-state index is 0.308. The summed E-state index contributed by atoms with van der Waals surface area (Å²) in [6, 6.07) is 8.30. The predicted molar refractivity (Wildman–Crippen MR) is 97.4 cm³/mol. The van der Waals surface area contributed by atoms with Gasteiger partial charge in [-0.1, -0.05) is 30.7 Å². The Bertz CT molecular complexity index is 920. The molecular weight excluding hydrogens is 328 g/mol. The first-order chi connectivity index (χ1) is 12.6. The number of carbonyl (C=O) groups is 1. The summed E-state index contributed by atoms with van der Waals surface area (Å²) < 4.78 is 3.67. The van der Waals surface area contributed by atoms with E-state index in [1.807, 2.05) is 24.0 Å². The lowest BCUT2D eigenvalue weighted by atomic mass is 9.82. The number of aryl methyl sites for hydroxylation is 1. The second kappa shape index (κ2) is 6.78. The predicted octanol–water partition coefficient (Wildman–Crippen LogP) is 3.45. The van der Waals surface area contributed by atoms with Gasteiger partial charge in [0.15, 0.2) is 0 Å². The van der Waals surface area contributed by atoms with E-state index in [0.717, 1.165) is 42.6 Å². The molecule has 3 aromatic rings. The van der Waals surface area contributed by atoms with Crippen molar-refractivity contribution in [3.63, 3.8) is 0 Å². The van der Waals surface area contributed by atoms with E-state index in [4.69, 9.17) is 0 Å². The molecule has 0 radical (unpaired) electrons. The Hall–Kier alpha value is -2.89. The molecule has 2 heterocycles. The smallest absolute Gasteiger partial charge is 0.339 e. The van der Waals surface area contributed by atoms with Crippen molar-refractivity contribution in [2.75, 3.05) is 0 Å². The minimum Gasteiger partial charge on any atom is -0.478 e. The first-order valence-corrected chi connectivity index (χ1v) is 8.96. The summed E-state index contributed by atoms with van der Waals surface area (Å²) >= 11 is 0. The number of nitrogens with zero attached hydrogens (tertiary/aromatic N) is 4. The van der Waals surface area contributed by atoms with Crippen LogP contribution in [0.5, 0.6) is 0 Å². The summed E-state index contributed by atoms with van der Waals surface area (Å²) in [5.74, 6) is -0.578. The second-order valence-corrected chi connectivity index (χ2v) is 7.09. The van der Waals surface area contributed by atoms with E-state index in [9.17, 15) is 9.90 Å². The molecule has 0 bridgehead atoms. The lowest BCUT2D eigenvalue weighted by Gasteiger charge is -2.23. The van der Waals surface area contributed by atoms with Crippen LogP contribution in [0.1, 0.15) is 57.9 Å². The van der Waals surface area contributed by atoms with E-state index in [0.29, 0.717) is 18.0 Å². The molecule has 0 saturated heterocycles. The highest BCUT2D eigenvalue weighted by molar-refractivity contribution is 5.88. The van der Waals surface area contributed by atoms with Crippen LogP contribution in [-0.2, 0) is 13.1 Å². The molecule has 0 aliphatic heterocycles. The van der Waals surface area contributed by atoms with Crippen LogP contribution in [0.25, 0.3) is 0 Å². The van der Waals surface area contributed by atoms with Crippen molar-refractivity contribution in [3.05, 3.63) is 70.8 Å². The Labute approximate surface area is 152 Å². The Morgan fingerprint density at radius 3 is 2.27 bits per heavy atom. The van der Waals surface area contributed by atoms with Crippen molar-refractivity contribution in [1.29, 1.82) is 0 Å². The number of hydrogen-bond donors (Lipinski definition) is 1. The summed E-state index contributed by atoms with van der Waals surface area (Å²) in [6.45, 7) is 3.35. The fraction of sp³-hybridized carbons (Fsp3) is 0.350. The fourth-order valence-corrected chi connectivity index (χ4v) is 3.34. The van der Waals surface area contributed by atoms with Crippen molar-refractivity contribution >= 4 is 5.97 Å². The molecule has 1 aliphatic rings. The lowest BCUT2D eigenvalue weighted by Crippen LogP contribution is -2.13. The van der Waals surface area contributed by atoms with Crippen molar-refractivity contribution in [2.24, 2.45) is 0 Å². The van der Waals surface area contributed by atoms with Gasteiger partial charge in [0.1, 0.15) is 5.56 Å². The van der Waals surface area contributed by atoms with E-state index in [1.165, 1.54) is 5.56 Å². The normalized spacial score (nSPS) is 14.3. The van der Waals surface area contributed by atoms with E-state index >= 15 is 0 Å². The largest absolute Gasteiger partial charge is 0.478 e. The zero-order valence-electron chi connectivity index (χ0n) is 14.8. The molecule has 2 aromatic heterocycles. The zero-order valence-corrected chi connectivity index (χ0v) is 14.8. The molecule has 0 spiro atoms. The molecule has 6 heteroatoms. The molecule has 0 atom stereocenters. The second-order valence-electron chi connectivity index (χ2n) is 7.09. The van der Waals surface area contributed by atoms with Gasteiger partial charge in [-0.05, 0) is 36.5 Å². The van der Waals surface area contributed by atoms with Crippen molar-refractivity contribution in [2.45, 2.75) is 45.2 Å². The van der Waals surface area contributed by atoms with Gasteiger partial charge >= 0.3 is 5.97 Å². The van der Waals surface area contributed by atoms with Crippen LogP contribution in [-0.4, -0.2) is 30.6 Å². The maximum atomic E-state index is 11.5. The summed E-state index contributed by atoms with van der Waals surface area (Å²) in [7, 11) is 0. The van der Waals surface area contributed by atoms with E-state index < -0.39 is 5.97 Å². The number of carboxylic acid groups (broad SMARTS) is 1. The summed E-state index contributed by atoms with van der Waals surface area (Å²) in [4.78, 5) is 11.5. The van der Waals surface area contributed by atoms with Crippen LogP contribution < -0.4 is 0 Å². The molecule has 1 saturated carbocycles. The van der Waals surface area contributed by atoms with E-state index in [-0.39, 0.29) is 0 Å². The monoisotopic (exact) mass is 350 g/mol. The third-order valence-corrected chi connectivity index (χ3v) is 4.99. The van der Waals surface area contributed by atoms with Gasteiger partial charge < -0.3 is 5.11 Å². The molecule has 1 N–H and O–H groups in total. The number of aromatic carboxylic acids is 1. The van der Waals surface area contributed by atoms with Gasteiger partial charge in [-0.3, -0.25) is 9.36 Å². The van der Waals surface area contributed by atoms with Crippen molar-refractivity contribution < 1.29 is 9.90 Å². The highest BCUT2D eigenvalue weighted by Crippen LogP contribution is 2.37. The van der Waals surface area contributed by atoms with Gasteiger partial charge in [-0.2, -0.15) is 10.2 Å². The zero-order chi connectivity index (χ0) is 18.1. The van der Waals surface area contributed by atoms with Gasteiger partial charge in [-0.25, -0.2) is 4.79 Å². The quantitative estimate of drug-likeness (QED) is 0.739. The molecule has 6 nitrogen and oxygen atoms in total. The standard InChI is InChI=1S/C20H22N4O2/c1-14-9-21-23(10-14)11-15-5-7-16(8-6-15)12-24-13-18(20(25)26)19(22-24)17-3-2-4-17/h5-10,13,17H,2-4,11-12H2,1H3,(H,25,26). The van der Waals surface area contributed by atoms with Crippen LogP contribution in [0.2, 0.25) is 0 Å². The topological polar surface area (TPSA) is 72.9 Å². The minimum atomic E-state index is -0.886. The van der Waals surface area contributed by atoms with E-state index in [1.54, 1.807) is 10.9 Å². The summed E-state index contributed by atoms with van der Waals surface area (Å²) in [5, 5.41) is 18.3. The maximum Gasteiger partial charge on any atom is 0.339 e. The van der Waals surface area contributed by atoms with Crippen molar-refractivity contribution in [3.8, 4) is 0 Å². The number of rotatable bonds is 6. The molecule has 0 amide bonds. The summed E-state index contributed by atoms with van der Waals surface area (Å²) in [6.07, 6.45) is 8.78. The summed E-state index contributed by atoms with van der Waals surface area (Å²) in [5.41, 5.74) is 4.52. The maximum absolute atomic E-state index is 11.5. The first-order valence-electron chi connectivity index (χ1n) is 8.96. The lowest BCUT2D eigenvalue weighted by molar-refractivity contribution is 0.0694. The number of benzene rings is 1. The van der Waals surface area contributed by atoms with Gasteiger partial charge in [-0.15, -0.1) is 0 Å². The molecule has 134 valence electrons. The highest BCUT2D eigenvalue weighted by atomic mass is 16.4. The van der Waals surface area contributed by atoms with Gasteiger partial charge in [0.25, 0.3) is 0 Å². The highest BCUT2D eigenvalue weighted by Gasteiger charge is 2.28. The Morgan fingerprint density at radius 2 is 1.77 bits per heavy atom. The Kier molecular flexibility index (Phi) is 4.32. The van der Waals surface area contributed by atoms with E-state index in [2.05, 4.69) is 34.5 Å². The molecular formula is C20H22N4O2. The van der Waals surface area contributed by atoms with Crippen LogP contribution in [0.4, 0.5) is 0 Å². The van der Waals surface area contributed by atoms with Gasteiger partial charge in [0.05, 0.1) is 25.0 Å². The molecule has 0 unspecified atom stereocenters. The number of carboxylic acids is 1. The van der Waals surface area contributed by atoms with Gasteiger partial charge in [0, 0.05) is 18.3 Å². The number of aromatic nitrogens is 4. The third-order valence-electron chi connectivity index (χ3n) is 4.99. The SMILES string of the molecule is Cc1cnn(Cc2ccc(Cn3cc(C(=O)O)c(C4CCC4)n3)cc2)c1. The molecule has 4 rings (SSSR count). The first kappa shape index (κ1) is 16.6. The molecule has 1 fully saturated rings. The van der Waals surface area contributed by atoms with Crippen molar-refractivity contribution in [1.82, 2.24) is 19.6 Å². The Balaban J connectivity index is 1.47.